The van der Waals surface area contributed by atoms with E-state index in [1.165, 1.54) is 0 Å². The molecule has 27 heavy (non-hydrogen) atoms. The molecule has 3 aromatic rings. The average molecular weight is 364 g/mol. The van der Waals surface area contributed by atoms with Crippen molar-refractivity contribution in [3.63, 3.8) is 0 Å². The molecule has 8 nitrogen and oxygen atoms in total. The molecule has 1 aliphatic heterocycles. The number of anilines is 1. The lowest BCUT2D eigenvalue weighted by molar-refractivity contribution is -0.117. The first kappa shape index (κ1) is 16.9. The Hall–Kier alpha value is -3.55. The SMILES string of the molecule is O=C(OCn1nnc2ccccc2c1=O)c1ccc(N2CCCC2=O)cc1. The largest absolute Gasteiger partial charge is 0.439 e. The molecule has 0 N–H and O–H groups in total. The molecule has 2 aromatic carbocycles. The molecule has 1 aromatic heterocycles. The molecule has 2 heterocycles. The third-order valence-electron chi connectivity index (χ3n) is 4.44. The van der Waals surface area contributed by atoms with Crippen molar-refractivity contribution in [2.24, 2.45) is 0 Å². The smallest absolute Gasteiger partial charge is 0.339 e. The number of carbonyl (C=O) groups excluding carboxylic acids is 2. The van der Waals surface area contributed by atoms with Crippen molar-refractivity contribution in [2.75, 3.05) is 11.4 Å². The molecule has 0 atom stereocenters. The zero-order valence-electron chi connectivity index (χ0n) is 14.4. The van der Waals surface area contributed by atoms with Gasteiger partial charge in [-0.2, -0.15) is 4.68 Å². The van der Waals surface area contributed by atoms with E-state index in [-0.39, 0.29) is 18.2 Å². The second-order valence-corrected chi connectivity index (χ2v) is 6.17. The summed E-state index contributed by atoms with van der Waals surface area (Å²) in [5.74, 6) is -0.504. The molecule has 0 saturated carbocycles. The van der Waals surface area contributed by atoms with Crippen molar-refractivity contribution in [1.82, 2.24) is 15.0 Å². The third kappa shape index (κ3) is 3.29. The number of rotatable bonds is 4. The average Bonchev–Trinajstić information content (AvgIpc) is 3.13. The van der Waals surface area contributed by atoms with Gasteiger partial charge in [0.1, 0.15) is 5.52 Å². The molecule has 136 valence electrons. The van der Waals surface area contributed by atoms with Gasteiger partial charge in [0.15, 0.2) is 6.73 Å². The number of aromatic nitrogens is 3. The number of carbonyl (C=O) groups is 2. The van der Waals surface area contributed by atoms with E-state index >= 15 is 0 Å². The van der Waals surface area contributed by atoms with Gasteiger partial charge in [-0.15, -0.1) is 5.10 Å². The summed E-state index contributed by atoms with van der Waals surface area (Å²) in [6, 6.07) is 13.4. The van der Waals surface area contributed by atoms with Crippen LogP contribution in [-0.2, 0) is 16.3 Å². The molecule has 0 spiro atoms. The number of hydrogen-bond acceptors (Lipinski definition) is 6. The molecule has 1 amide bonds. The minimum absolute atomic E-state index is 0.0829. The summed E-state index contributed by atoms with van der Waals surface area (Å²) in [4.78, 5) is 38.0. The predicted octanol–water partition coefficient (Wildman–Crippen LogP) is 1.73. The standard InChI is InChI=1S/C19H16N4O4/c24-17-6-3-11-22(17)14-9-7-13(8-10-14)19(26)27-12-23-18(25)15-4-1-2-5-16(15)20-21-23/h1-2,4-5,7-10H,3,6,11-12H2. The van der Waals surface area contributed by atoms with Gasteiger partial charge in [0, 0.05) is 18.7 Å². The van der Waals surface area contributed by atoms with Gasteiger partial charge in [0.25, 0.3) is 5.56 Å². The number of hydrogen-bond donors (Lipinski definition) is 0. The van der Waals surface area contributed by atoms with Crippen molar-refractivity contribution < 1.29 is 14.3 Å². The van der Waals surface area contributed by atoms with E-state index in [1.54, 1.807) is 53.4 Å². The first-order valence-corrected chi connectivity index (χ1v) is 8.53. The highest BCUT2D eigenvalue weighted by Crippen LogP contribution is 2.21. The number of esters is 1. The highest BCUT2D eigenvalue weighted by atomic mass is 16.5. The van der Waals surface area contributed by atoms with Crippen LogP contribution >= 0.6 is 0 Å². The van der Waals surface area contributed by atoms with Crippen LogP contribution < -0.4 is 10.5 Å². The monoisotopic (exact) mass is 364 g/mol. The molecule has 0 radical (unpaired) electrons. The van der Waals surface area contributed by atoms with Crippen LogP contribution in [0.4, 0.5) is 5.69 Å². The summed E-state index contributed by atoms with van der Waals surface area (Å²) in [5.41, 5.74) is 1.19. The Bertz CT molecular complexity index is 1080. The van der Waals surface area contributed by atoms with Crippen molar-refractivity contribution in [3.05, 3.63) is 64.4 Å². The van der Waals surface area contributed by atoms with E-state index in [0.717, 1.165) is 16.8 Å². The van der Waals surface area contributed by atoms with Crippen LogP contribution in [0.25, 0.3) is 10.9 Å². The van der Waals surface area contributed by atoms with E-state index < -0.39 is 5.97 Å². The summed E-state index contributed by atoms with van der Waals surface area (Å²) in [6.07, 6.45) is 1.38. The van der Waals surface area contributed by atoms with E-state index in [1.807, 2.05) is 0 Å². The first-order valence-electron chi connectivity index (χ1n) is 8.53. The third-order valence-corrected chi connectivity index (χ3v) is 4.44. The molecule has 1 fully saturated rings. The van der Waals surface area contributed by atoms with Gasteiger partial charge in [-0.1, -0.05) is 17.3 Å². The normalized spacial score (nSPS) is 13.9. The molecule has 1 aliphatic rings. The molecular weight excluding hydrogens is 348 g/mol. The minimum Gasteiger partial charge on any atom is -0.439 e. The van der Waals surface area contributed by atoms with E-state index in [2.05, 4.69) is 10.3 Å². The van der Waals surface area contributed by atoms with Crippen LogP contribution in [0.5, 0.6) is 0 Å². The maximum absolute atomic E-state index is 12.3. The van der Waals surface area contributed by atoms with Gasteiger partial charge < -0.3 is 9.64 Å². The molecule has 8 heteroatoms. The quantitative estimate of drug-likeness (QED) is 0.655. The number of amides is 1. The molecule has 0 bridgehead atoms. The molecule has 0 unspecified atom stereocenters. The fourth-order valence-electron chi connectivity index (χ4n) is 3.01. The topological polar surface area (TPSA) is 94.4 Å². The summed E-state index contributed by atoms with van der Waals surface area (Å²) in [7, 11) is 0. The Morgan fingerprint density at radius 2 is 1.85 bits per heavy atom. The molecular formula is C19H16N4O4. The zero-order valence-corrected chi connectivity index (χ0v) is 14.4. The summed E-state index contributed by atoms with van der Waals surface area (Å²) < 4.78 is 6.17. The van der Waals surface area contributed by atoms with E-state index in [4.69, 9.17) is 4.74 Å². The number of ether oxygens (including phenoxy) is 1. The second kappa shape index (κ2) is 6.99. The Morgan fingerprint density at radius 1 is 1.07 bits per heavy atom. The van der Waals surface area contributed by atoms with Gasteiger partial charge in [0.05, 0.1) is 10.9 Å². The lowest BCUT2D eigenvalue weighted by Gasteiger charge is -2.15. The highest BCUT2D eigenvalue weighted by molar-refractivity contribution is 5.96. The zero-order chi connectivity index (χ0) is 18.8. The Labute approximate surface area is 154 Å². The van der Waals surface area contributed by atoms with Gasteiger partial charge in [-0.25, -0.2) is 4.79 Å². The van der Waals surface area contributed by atoms with Gasteiger partial charge in [-0.3, -0.25) is 9.59 Å². The van der Waals surface area contributed by atoms with Crippen molar-refractivity contribution in [3.8, 4) is 0 Å². The van der Waals surface area contributed by atoms with E-state index in [9.17, 15) is 14.4 Å². The Kier molecular flexibility index (Phi) is 4.37. The lowest BCUT2D eigenvalue weighted by atomic mass is 10.2. The highest BCUT2D eigenvalue weighted by Gasteiger charge is 2.21. The fourth-order valence-corrected chi connectivity index (χ4v) is 3.01. The van der Waals surface area contributed by atoms with Gasteiger partial charge in [-0.05, 0) is 42.8 Å². The minimum atomic E-state index is -0.587. The number of fused-ring (bicyclic) bond motifs is 1. The summed E-state index contributed by atoms with van der Waals surface area (Å²) in [5, 5.41) is 8.13. The maximum Gasteiger partial charge on any atom is 0.339 e. The van der Waals surface area contributed by atoms with Crippen LogP contribution in [-0.4, -0.2) is 33.4 Å². The second-order valence-electron chi connectivity index (χ2n) is 6.17. The predicted molar refractivity (Wildman–Crippen MR) is 97.2 cm³/mol. The van der Waals surface area contributed by atoms with Crippen LogP contribution in [0, 0.1) is 0 Å². The Morgan fingerprint density at radius 3 is 2.59 bits per heavy atom. The van der Waals surface area contributed by atoms with Crippen LogP contribution in [0.3, 0.4) is 0 Å². The van der Waals surface area contributed by atoms with Crippen molar-refractivity contribution >= 4 is 28.5 Å². The maximum atomic E-state index is 12.3. The summed E-state index contributed by atoms with van der Waals surface area (Å²) in [6.45, 7) is 0.355. The molecule has 0 aliphatic carbocycles. The van der Waals surface area contributed by atoms with Gasteiger partial charge >= 0.3 is 5.97 Å². The van der Waals surface area contributed by atoms with Crippen LogP contribution in [0.1, 0.15) is 23.2 Å². The lowest BCUT2D eigenvalue weighted by Crippen LogP contribution is -2.26. The summed E-state index contributed by atoms with van der Waals surface area (Å²) >= 11 is 0. The number of nitrogens with zero attached hydrogens (tertiary/aromatic N) is 4. The van der Waals surface area contributed by atoms with E-state index in [0.29, 0.717) is 29.4 Å². The number of benzene rings is 2. The molecule has 4 rings (SSSR count). The van der Waals surface area contributed by atoms with Gasteiger partial charge in [0.2, 0.25) is 5.91 Å². The Balaban J connectivity index is 1.46. The van der Waals surface area contributed by atoms with Crippen molar-refractivity contribution in [2.45, 2.75) is 19.6 Å². The van der Waals surface area contributed by atoms with Crippen LogP contribution in [0.15, 0.2) is 53.3 Å². The molecule has 1 saturated heterocycles. The van der Waals surface area contributed by atoms with Crippen LogP contribution in [0.2, 0.25) is 0 Å². The van der Waals surface area contributed by atoms with Crippen molar-refractivity contribution in [1.29, 1.82) is 0 Å². The first-order chi connectivity index (χ1) is 13.1. The fraction of sp³-hybridized carbons (Fsp3) is 0.211.